The highest BCUT2D eigenvalue weighted by Gasteiger charge is 2.00. The first-order valence-electron chi connectivity index (χ1n) is 4.46. The maximum Gasteiger partial charge on any atom is 0.312 e. The van der Waals surface area contributed by atoms with Gasteiger partial charge in [0, 0.05) is 13.1 Å². The molecule has 0 aliphatic carbocycles. The second-order valence-corrected chi connectivity index (χ2v) is 3.28. The Kier molecular flexibility index (Phi) is 4.36. The SMILES string of the molecule is N#Cc1cc(Cl)nc(NCCNC(N)=O)c1. The summed E-state index contributed by atoms with van der Waals surface area (Å²) in [7, 11) is 0. The molecule has 6 nitrogen and oxygen atoms in total. The van der Waals surface area contributed by atoms with Crippen LogP contribution in [0.1, 0.15) is 5.56 Å². The molecule has 16 heavy (non-hydrogen) atoms. The van der Waals surface area contributed by atoms with Crippen molar-refractivity contribution >= 4 is 23.4 Å². The quantitative estimate of drug-likeness (QED) is 0.531. The Morgan fingerprint density at radius 1 is 1.56 bits per heavy atom. The van der Waals surface area contributed by atoms with E-state index in [1.165, 1.54) is 6.07 Å². The van der Waals surface area contributed by atoms with Gasteiger partial charge in [-0.25, -0.2) is 9.78 Å². The van der Waals surface area contributed by atoms with Crippen molar-refractivity contribution in [2.24, 2.45) is 5.73 Å². The molecule has 0 bridgehead atoms. The normalized spacial score (nSPS) is 9.25. The monoisotopic (exact) mass is 239 g/mol. The number of halogens is 1. The van der Waals surface area contributed by atoms with Gasteiger partial charge < -0.3 is 16.4 Å². The zero-order chi connectivity index (χ0) is 12.0. The van der Waals surface area contributed by atoms with Crippen LogP contribution in [0.3, 0.4) is 0 Å². The smallest absolute Gasteiger partial charge is 0.312 e. The van der Waals surface area contributed by atoms with Gasteiger partial charge in [-0.15, -0.1) is 0 Å². The van der Waals surface area contributed by atoms with Crippen LogP contribution < -0.4 is 16.4 Å². The molecule has 1 rings (SSSR count). The molecule has 7 heteroatoms. The van der Waals surface area contributed by atoms with Crippen LogP contribution in [0.5, 0.6) is 0 Å². The van der Waals surface area contributed by atoms with Gasteiger partial charge in [0.25, 0.3) is 0 Å². The summed E-state index contributed by atoms with van der Waals surface area (Å²) in [5.74, 6) is 0.482. The van der Waals surface area contributed by atoms with Crippen molar-refractivity contribution in [3.8, 4) is 6.07 Å². The number of nitrogens with two attached hydrogens (primary N) is 1. The molecule has 0 saturated carbocycles. The fourth-order valence-corrected chi connectivity index (χ4v) is 1.24. The molecular weight excluding hydrogens is 230 g/mol. The Bertz CT molecular complexity index is 428. The molecule has 0 aromatic carbocycles. The van der Waals surface area contributed by atoms with Crippen molar-refractivity contribution in [1.29, 1.82) is 5.26 Å². The van der Waals surface area contributed by atoms with Crippen LogP contribution in [0.25, 0.3) is 0 Å². The lowest BCUT2D eigenvalue weighted by atomic mass is 10.3. The van der Waals surface area contributed by atoms with Gasteiger partial charge in [0.15, 0.2) is 0 Å². The number of rotatable bonds is 4. The second kappa shape index (κ2) is 5.78. The van der Waals surface area contributed by atoms with E-state index in [2.05, 4.69) is 15.6 Å². The average Bonchev–Trinajstić information content (AvgIpc) is 2.23. The fourth-order valence-electron chi connectivity index (χ4n) is 1.03. The molecule has 0 spiro atoms. The average molecular weight is 240 g/mol. The molecular formula is C9H10ClN5O. The molecule has 0 atom stereocenters. The highest BCUT2D eigenvalue weighted by Crippen LogP contribution is 2.13. The molecule has 0 saturated heterocycles. The van der Waals surface area contributed by atoms with Crippen LogP contribution in [0.4, 0.5) is 10.6 Å². The number of nitriles is 1. The number of pyridine rings is 1. The number of carbonyl (C=O) groups is 1. The first-order chi connectivity index (χ1) is 7.61. The van der Waals surface area contributed by atoms with E-state index in [4.69, 9.17) is 22.6 Å². The fraction of sp³-hybridized carbons (Fsp3) is 0.222. The maximum absolute atomic E-state index is 10.4. The molecule has 1 heterocycles. The summed E-state index contributed by atoms with van der Waals surface area (Å²) in [4.78, 5) is 14.3. The summed E-state index contributed by atoms with van der Waals surface area (Å²) in [5, 5.41) is 14.2. The minimum atomic E-state index is -0.585. The third-order valence-corrected chi connectivity index (χ3v) is 1.85. The third kappa shape index (κ3) is 4.02. The minimum absolute atomic E-state index is 0.240. The summed E-state index contributed by atoms with van der Waals surface area (Å²) in [6, 6.07) is 4.41. The third-order valence-electron chi connectivity index (χ3n) is 1.65. The molecule has 2 amide bonds. The molecule has 4 N–H and O–H groups in total. The number of anilines is 1. The lowest BCUT2D eigenvalue weighted by Gasteiger charge is -2.06. The first-order valence-corrected chi connectivity index (χ1v) is 4.84. The maximum atomic E-state index is 10.4. The van der Waals surface area contributed by atoms with Crippen LogP contribution in [-0.2, 0) is 0 Å². The van der Waals surface area contributed by atoms with Gasteiger partial charge in [0.05, 0.1) is 11.6 Å². The number of nitrogens with zero attached hydrogens (tertiary/aromatic N) is 2. The number of hydrogen-bond donors (Lipinski definition) is 3. The van der Waals surface area contributed by atoms with Crippen molar-refractivity contribution in [2.45, 2.75) is 0 Å². The second-order valence-electron chi connectivity index (χ2n) is 2.89. The number of amides is 2. The number of urea groups is 1. The highest BCUT2D eigenvalue weighted by molar-refractivity contribution is 6.29. The Labute approximate surface area is 97.4 Å². The van der Waals surface area contributed by atoms with Gasteiger partial charge in [0.2, 0.25) is 0 Å². The van der Waals surface area contributed by atoms with Gasteiger partial charge in [-0.2, -0.15) is 5.26 Å². The van der Waals surface area contributed by atoms with Crippen LogP contribution >= 0.6 is 11.6 Å². The van der Waals surface area contributed by atoms with E-state index in [0.29, 0.717) is 24.5 Å². The molecule has 1 aromatic rings. The lowest BCUT2D eigenvalue weighted by Crippen LogP contribution is -2.33. The molecule has 1 aromatic heterocycles. The highest BCUT2D eigenvalue weighted by atomic mass is 35.5. The summed E-state index contributed by atoms with van der Waals surface area (Å²) >= 11 is 5.70. The summed E-state index contributed by atoms with van der Waals surface area (Å²) < 4.78 is 0. The van der Waals surface area contributed by atoms with E-state index in [9.17, 15) is 4.79 Å². The van der Waals surface area contributed by atoms with Gasteiger partial charge in [-0.05, 0) is 12.1 Å². The molecule has 0 aliphatic heterocycles. The lowest BCUT2D eigenvalue weighted by molar-refractivity contribution is 0.249. The minimum Gasteiger partial charge on any atom is -0.368 e. The summed E-state index contributed by atoms with van der Waals surface area (Å²) in [6.45, 7) is 0.812. The van der Waals surface area contributed by atoms with E-state index in [-0.39, 0.29) is 5.15 Å². The van der Waals surface area contributed by atoms with Crippen LogP contribution in [-0.4, -0.2) is 24.1 Å². The summed E-state index contributed by atoms with van der Waals surface area (Å²) in [5.41, 5.74) is 5.31. The van der Waals surface area contributed by atoms with Crippen molar-refractivity contribution in [1.82, 2.24) is 10.3 Å². The van der Waals surface area contributed by atoms with E-state index >= 15 is 0 Å². The van der Waals surface area contributed by atoms with Crippen molar-refractivity contribution in [3.05, 3.63) is 22.8 Å². The van der Waals surface area contributed by atoms with Gasteiger partial charge in [-0.1, -0.05) is 11.6 Å². The Morgan fingerprint density at radius 3 is 2.94 bits per heavy atom. The number of primary amides is 1. The Morgan fingerprint density at radius 2 is 2.31 bits per heavy atom. The molecule has 84 valence electrons. The predicted octanol–water partition coefficient (Wildman–Crippen LogP) is 0.687. The van der Waals surface area contributed by atoms with Crippen LogP contribution in [0.15, 0.2) is 12.1 Å². The zero-order valence-corrected chi connectivity index (χ0v) is 9.08. The zero-order valence-electron chi connectivity index (χ0n) is 8.33. The standard InChI is InChI=1S/C9H10ClN5O/c10-7-3-6(5-11)4-8(15-7)13-1-2-14-9(12)16/h3-4H,1-2H2,(H,13,15)(H3,12,14,16). The topological polar surface area (TPSA) is 104 Å². The molecule has 0 aliphatic rings. The Balaban J connectivity index is 2.51. The summed E-state index contributed by atoms with van der Waals surface area (Å²) in [6.07, 6.45) is 0. The van der Waals surface area contributed by atoms with E-state index < -0.39 is 6.03 Å². The van der Waals surface area contributed by atoms with Crippen molar-refractivity contribution in [2.75, 3.05) is 18.4 Å². The Hall–Kier alpha value is -2.00. The molecule has 0 unspecified atom stereocenters. The van der Waals surface area contributed by atoms with E-state index in [1.54, 1.807) is 6.07 Å². The number of carbonyl (C=O) groups excluding carboxylic acids is 1. The first kappa shape index (κ1) is 12.1. The van der Waals surface area contributed by atoms with Gasteiger partial charge in [0.1, 0.15) is 11.0 Å². The van der Waals surface area contributed by atoms with E-state index in [1.807, 2.05) is 6.07 Å². The number of nitrogens with one attached hydrogen (secondary N) is 2. The van der Waals surface area contributed by atoms with Gasteiger partial charge >= 0.3 is 6.03 Å². The van der Waals surface area contributed by atoms with Crippen LogP contribution in [0.2, 0.25) is 5.15 Å². The molecule has 0 fully saturated rings. The predicted molar refractivity (Wildman–Crippen MR) is 60.0 cm³/mol. The largest absolute Gasteiger partial charge is 0.368 e. The number of hydrogen-bond acceptors (Lipinski definition) is 4. The van der Waals surface area contributed by atoms with E-state index in [0.717, 1.165) is 0 Å². The number of aromatic nitrogens is 1. The van der Waals surface area contributed by atoms with Crippen molar-refractivity contribution < 1.29 is 4.79 Å². The van der Waals surface area contributed by atoms with Gasteiger partial charge in [-0.3, -0.25) is 0 Å². The van der Waals surface area contributed by atoms with Crippen molar-refractivity contribution in [3.63, 3.8) is 0 Å². The van der Waals surface area contributed by atoms with Crippen LogP contribution in [0, 0.1) is 11.3 Å². The molecule has 0 radical (unpaired) electrons.